The lowest BCUT2D eigenvalue weighted by Gasteiger charge is -2.05. The minimum absolute atomic E-state index is 0.133. The molecule has 0 aliphatic carbocycles. The monoisotopic (exact) mass is 191 g/mol. The summed E-state index contributed by atoms with van der Waals surface area (Å²) in [6.45, 7) is 0. The molecule has 0 spiro atoms. The average molecular weight is 191 g/mol. The Balaban J connectivity index is 2.70. The molecule has 2 nitrogen and oxygen atoms in total. The van der Waals surface area contributed by atoms with Crippen molar-refractivity contribution in [3.8, 4) is 5.88 Å². The van der Waals surface area contributed by atoms with E-state index in [0.29, 0.717) is 5.88 Å². The molecule has 1 aromatic rings. The number of hydrogen-bond donors (Lipinski definition) is 0. The van der Waals surface area contributed by atoms with Crippen molar-refractivity contribution < 1.29 is 17.9 Å². The summed E-state index contributed by atoms with van der Waals surface area (Å²) < 4.78 is 40.3. The van der Waals surface area contributed by atoms with Gasteiger partial charge >= 0.3 is 6.18 Å². The highest BCUT2D eigenvalue weighted by Crippen LogP contribution is 2.21. The van der Waals surface area contributed by atoms with Crippen LogP contribution in [-0.4, -0.2) is 18.3 Å². The van der Waals surface area contributed by atoms with Crippen LogP contribution in [0.25, 0.3) is 0 Å². The molecule has 0 atom stereocenters. The first-order valence-electron chi connectivity index (χ1n) is 3.57. The fourth-order valence-corrected chi connectivity index (χ4v) is 0.868. The Morgan fingerprint density at radius 2 is 2.08 bits per heavy atom. The van der Waals surface area contributed by atoms with Crippen molar-refractivity contribution >= 4 is 0 Å². The molecule has 0 unspecified atom stereocenters. The van der Waals surface area contributed by atoms with Gasteiger partial charge in [-0.3, -0.25) is 0 Å². The summed E-state index contributed by atoms with van der Waals surface area (Å²) >= 11 is 0. The van der Waals surface area contributed by atoms with Crippen molar-refractivity contribution in [2.24, 2.45) is 0 Å². The predicted octanol–water partition coefficient (Wildman–Crippen LogP) is 2.20. The Morgan fingerprint density at radius 1 is 1.38 bits per heavy atom. The summed E-state index contributed by atoms with van der Waals surface area (Å²) in [5, 5.41) is 0. The van der Waals surface area contributed by atoms with Crippen LogP contribution in [0.4, 0.5) is 13.2 Å². The summed E-state index contributed by atoms with van der Waals surface area (Å²) in [6, 6.07) is 2.75. The van der Waals surface area contributed by atoms with E-state index in [0.717, 1.165) is 6.20 Å². The van der Waals surface area contributed by atoms with Crippen molar-refractivity contribution in [1.82, 2.24) is 4.98 Å². The zero-order chi connectivity index (χ0) is 9.90. The Kier molecular flexibility index (Phi) is 2.75. The van der Waals surface area contributed by atoms with E-state index >= 15 is 0 Å². The van der Waals surface area contributed by atoms with Crippen LogP contribution < -0.4 is 4.74 Å². The molecule has 5 heteroatoms. The Labute approximate surface area is 73.4 Å². The largest absolute Gasteiger partial charge is 0.481 e. The number of ether oxygens (including phenoxy) is 1. The summed E-state index contributed by atoms with van der Waals surface area (Å²) in [7, 11) is 1.41. The van der Waals surface area contributed by atoms with E-state index in [-0.39, 0.29) is 5.56 Å². The topological polar surface area (TPSA) is 22.1 Å². The molecule has 1 heterocycles. The van der Waals surface area contributed by atoms with Crippen LogP contribution >= 0.6 is 0 Å². The van der Waals surface area contributed by atoms with Crippen molar-refractivity contribution in [1.29, 1.82) is 0 Å². The highest BCUT2D eigenvalue weighted by atomic mass is 19.4. The van der Waals surface area contributed by atoms with Crippen LogP contribution in [0.3, 0.4) is 0 Å². The average Bonchev–Trinajstić information content (AvgIpc) is 2.03. The molecule has 0 aliphatic heterocycles. The van der Waals surface area contributed by atoms with Crippen LogP contribution in [0.1, 0.15) is 5.56 Å². The number of alkyl halides is 3. The van der Waals surface area contributed by atoms with Crippen LogP contribution in [0.15, 0.2) is 18.3 Å². The maximum absolute atomic E-state index is 11.9. The van der Waals surface area contributed by atoms with E-state index in [1.165, 1.54) is 19.2 Å². The lowest BCUT2D eigenvalue weighted by atomic mass is 10.2. The number of hydrogen-bond acceptors (Lipinski definition) is 2. The third kappa shape index (κ3) is 3.31. The highest BCUT2D eigenvalue weighted by Gasteiger charge is 2.27. The second-order valence-corrected chi connectivity index (χ2v) is 2.50. The van der Waals surface area contributed by atoms with Gasteiger partial charge in [-0.2, -0.15) is 13.2 Å². The molecule has 0 amide bonds. The SMILES string of the molecule is COc1ccc(CC(F)(F)F)cn1. The van der Waals surface area contributed by atoms with Gasteiger partial charge in [-0.25, -0.2) is 4.98 Å². The molecular weight excluding hydrogens is 183 g/mol. The van der Waals surface area contributed by atoms with Gasteiger partial charge in [0.1, 0.15) is 0 Å². The zero-order valence-electron chi connectivity index (χ0n) is 6.93. The molecule has 13 heavy (non-hydrogen) atoms. The van der Waals surface area contributed by atoms with Gasteiger partial charge in [0.2, 0.25) is 5.88 Å². The first-order valence-corrected chi connectivity index (χ1v) is 3.57. The zero-order valence-corrected chi connectivity index (χ0v) is 6.93. The molecule has 0 fully saturated rings. The molecule has 1 aromatic heterocycles. The van der Waals surface area contributed by atoms with E-state index in [1.807, 2.05) is 0 Å². The van der Waals surface area contributed by atoms with Crippen LogP contribution in [0.5, 0.6) is 5.88 Å². The molecule has 0 aliphatic rings. The fraction of sp³-hybridized carbons (Fsp3) is 0.375. The molecule has 72 valence electrons. The Bertz CT molecular complexity index is 268. The number of rotatable bonds is 2. The first kappa shape index (κ1) is 9.83. The second-order valence-electron chi connectivity index (χ2n) is 2.50. The summed E-state index contributed by atoms with van der Waals surface area (Å²) in [4.78, 5) is 3.66. The lowest BCUT2D eigenvalue weighted by Crippen LogP contribution is -2.11. The molecule has 0 N–H and O–H groups in total. The molecule has 0 bridgehead atoms. The Morgan fingerprint density at radius 3 is 2.46 bits per heavy atom. The molecule has 0 saturated carbocycles. The Hall–Kier alpha value is -1.26. The second kappa shape index (κ2) is 3.64. The van der Waals surface area contributed by atoms with Crippen molar-refractivity contribution in [3.63, 3.8) is 0 Å². The van der Waals surface area contributed by atoms with Gasteiger partial charge in [-0.1, -0.05) is 6.07 Å². The van der Waals surface area contributed by atoms with Gasteiger partial charge in [0, 0.05) is 12.3 Å². The van der Waals surface area contributed by atoms with E-state index in [9.17, 15) is 13.2 Å². The highest BCUT2D eigenvalue weighted by molar-refractivity contribution is 5.18. The number of halogens is 3. The maximum Gasteiger partial charge on any atom is 0.393 e. The van der Waals surface area contributed by atoms with E-state index in [2.05, 4.69) is 4.98 Å². The minimum atomic E-state index is -4.18. The van der Waals surface area contributed by atoms with Crippen LogP contribution in [-0.2, 0) is 6.42 Å². The number of nitrogens with zero attached hydrogens (tertiary/aromatic N) is 1. The molecule has 0 aromatic carbocycles. The van der Waals surface area contributed by atoms with Crippen molar-refractivity contribution in [3.05, 3.63) is 23.9 Å². The van der Waals surface area contributed by atoms with Crippen LogP contribution in [0, 0.1) is 0 Å². The molecule has 0 saturated heterocycles. The fourth-order valence-electron chi connectivity index (χ4n) is 0.868. The number of pyridine rings is 1. The van der Waals surface area contributed by atoms with Crippen molar-refractivity contribution in [2.75, 3.05) is 7.11 Å². The van der Waals surface area contributed by atoms with E-state index < -0.39 is 12.6 Å². The van der Waals surface area contributed by atoms with E-state index in [4.69, 9.17) is 4.74 Å². The summed E-state index contributed by atoms with van der Waals surface area (Å²) in [5.41, 5.74) is 0.133. The normalized spacial score (nSPS) is 11.4. The van der Waals surface area contributed by atoms with E-state index in [1.54, 1.807) is 0 Å². The molecular formula is C8H8F3NO. The summed E-state index contributed by atoms with van der Waals surface area (Å²) in [6.07, 6.45) is -3.98. The third-order valence-electron chi connectivity index (χ3n) is 1.41. The third-order valence-corrected chi connectivity index (χ3v) is 1.41. The van der Waals surface area contributed by atoms with Gasteiger partial charge in [-0.15, -0.1) is 0 Å². The van der Waals surface area contributed by atoms with Gasteiger partial charge in [0.25, 0.3) is 0 Å². The van der Waals surface area contributed by atoms with Gasteiger partial charge < -0.3 is 4.74 Å². The molecule has 0 radical (unpaired) electrons. The quantitative estimate of drug-likeness (QED) is 0.714. The standard InChI is InChI=1S/C8H8F3NO/c1-13-7-3-2-6(5-12-7)4-8(9,10)11/h2-3,5H,4H2,1H3. The van der Waals surface area contributed by atoms with Gasteiger partial charge in [-0.05, 0) is 5.56 Å². The molecule has 1 rings (SSSR count). The first-order chi connectivity index (χ1) is 6.01. The van der Waals surface area contributed by atoms with Gasteiger partial charge in [0.15, 0.2) is 0 Å². The minimum Gasteiger partial charge on any atom is -0.481 e. The predicted molar refractivity (Wildman–Crippen MR) is 40.5 cm³/mol. The van der Waals surface area contributed by atoms with Gasteiger partial charge in [0.05, 0.1) is 13.5 Å². The number of aromatic nitrogens is 1. The number of methoxy groups -OCH3 is 1. The smallest absolute Gasteiger partial charge is 0.393 e. The maximum atomic E-state index is 11.9. The van der Waals surface area contributed by atoms with Crippen molar-refractivity contribution in [2.45, 2.75) is 12.6 Å². The lowest BCUT2D eigenvalue weighted by molar-refractivity contribution is -0.127. The summed E-state index contributed by atoms with van der Waals surface area (Å²) in [5.74, 6) is 0.311. The van der Waals surface area contributed by atoms with Crippen LogP contribution in [0.2, 0.25) is 0 Å².